The van der Waals surface area contributed by atoms with Crippen LogP contribution in [0.5, 0.6) is 0 Å². The molecule has 2 aromatic rings. The van der Waals surface area contributed by atoms with E-state index in [0.29, 0.717) is 10.0 Å². The van der Waals surface area contributed by atoms with E-state index in [1.165, 1.54) is 0 Å². The summed E-state index contributed by atoms with van der Waals surface area (Å²) in [5, 5.41) is 8.68. The van der Waals surface area contributed by atoms with Gasteiger partial charge < -0.3 is 5.32 Å². The zero-order chi connectivity index (χ0) is 12.3. The van der Waals surface area contributed by atoms with Gasteiger partial charge in [-0.15, -0.1) is 0 Å². The van der Waals surface area contributed by atoms with E-state index in [1.54, 1.807) is 0 Å². The van der Waals surface area contributed by atoms with Crippen LogP contribution in [0, 0.1) is 6.92 Å². The minimum Gasteiger partial charge on any atom is -0.381 e. The molecule has 1 aromatic heterocycles. The molecule has 0 radical (unpaired) electrons. The standard InChI is InChI=1S/C12H13Cl2N3/c1-9-7-16-17(8-9)6-5-15-12-10(13)3-2-4-11(12)14/h2-4,7-8,15H,5-6H2,1H3. The summed E-state index contributed by atoms with van der Waals surface area (Å²) in [6.07, 6.45) is 3.83. The van der Waals surface area contributed by atoms with E-state index >= 15 is 0 Å². The number of aryl methyl sites for hydroxylation is 1. The quantitative estimate of drug-likeness (QED) is 0.919. The molecular weight excluding hydrogens is 257 g/mol. The van der Waals surface area contributed by atoms with E-state index in [-0.39, 0.29) is 0 Å². The summed E-state index contributed by atoms with van der Waals surface area (Å²) in [5.41, 5.74) is 1.93. The van der Waals surface area contributed by atoms with Crippen molar-refractivity contribution < 1.29 is 0 Å². The van der Waals surface area contributed by atoms with E-state index in [9.17, 15) is 0 Å². The molecule has 5 heteroatoms. The first kappa shape index (κ1) is 12.3. The van der Waals surface area contributed by atoms with Crippen LogP contribution in [0.3, 0.4) is 0 Å². The first-order chi connectivity index (χ1) is 8.16. The Morgan fingerprint density at radius 1 is 1.29 bits per heavy atom. The Labute approximate surface area is 110 Å². The van der Waals surface area contributed by atoms with Gasteiger partial charge in [-0.1, -0.05) is 29.3 Å². The molecule has 0 bridgehead atoms. The highest BCUT2D eigenvalue weighted by atomic mass is 35.5. The van der Waals surface area contributed by atoms with Crippen LogP contribution in [-0.2, 0) is 6.54 Å². The van der Waals surface area contributed by atoms with Gasteiger partial charge in [-0.25, -0.2) is 0 Å². The number of anilines is 1. The van der Waals surface area contributed by atoms with Crippen molar-refractivity contribution in [1.29, 1.82) is 0 Å². The fraction of sp³-hybridized carbons (Fsp3) is 0.250. The second kappa shape index (κ2) is 5.43. The molecule has 1 aromatic carbocycles. The maximum absolute atomic E-state index is 6.05. The van der Waals surface area contributed by atoms with Crippen molar-refractivity contribution in [1.82, 2.24) is 9.78 Å². The maximum Gasteiger partial charge on any atom is 0.0719 e. The Kier molecular flexibility index (Phi) is 3.92. The normalized spacial score (nSPS) is 10.5. The molecule has 90 valence electrons. The number of hydrogen-bond donors (Lipinski definition) is 1. The maximum atomic E-state index is 6.05. The summed E-state index contributed by atoms with van der Waals surface area (Å²) in [6.45, 7) is 3.52. The van der Waals surface area contributed by atoms with Crippen LogP contribution in [0.2, 0.25) is 10.0 Å². The molecule has 3 nitrogen and oxygen atoms in total. The molecule has 0 atom stereocenters. The smallest absolute Gasteiger partial charge is 0.0719 e. The molecule has 0 amide bonds. The fourth-order valence-corrected chi connectivity index (χ4v) is 2.08. The van der Waals surface area contributed by atoms with Crippen LogP contribution >= 0.6 is 23.2 Å². The molecule has 1 N–H and O–H groups in total. The lowest BCUT2D eigenvalue weighted by Crippen LogP contribution is -2.11. The highest BCUT2D eigenvalue weighted by molar-refractivity contribution is 6.39. The van der Waals surface area contributed by atoms with E-state index in [1.807, 2.05) is 42.2 Å². The van der Waals surface area contributed by atoms with Crippen molar-refractivity contribution in [2.45, 2.75) is 13.5 Å². The SMILES string of the molecule is Cc1cnn(CCNc2c(Cl)cccc2Cl)c1. The predicted molar refractivity (Wildman–Crippen MR) is 71.9 cm³/mol. The zero-order valence-electron chi connectivity index (χ0n) is 9.45. The average Bonchev–Trinajstić information content (AvgIpc) is 2.69. The number of aromatic nitrogens is 2. The average molecular weight is 270 g/mol. The third-order valence-corrected chi connectivity index (χ3v) is 3.00. The van der Waals surface area contributed by atoms with Gasteiger partial charge in [0.25, 0.3) is 0 Å². The Bertz CT molecular complexity index is 488. The van der Waals surface area contributed by atoms with Crippen molar-refractivity contribution in [3.63, 3.8) is 0 Å². The first-order valence-electron chi connectivity index (χ1n) is 5.34. The molecule has 0 saturated carbocycles. The third-order valence-electron chi connectivity index (χ3n) is 2.37. The highest BCUT2D eigenvalue weighted by Crippen LogP contribution is 2.29. The number of rotatable bonds is 4. The first-order valence-corrected chi connectivity index (χ1v) is 6.09. The van der Waals surface area contributed by atoms with Crippen LogP contribution in [0.1, 0.15) is 5.56 Å². The van der Waals surface area contributed by atoms with Crippen LogP contribution in [-0.4, -0.2) is 16.3 Å². The Balaban J connectivity index is 1.94. The summed E-state index contributed by atoms with van der Waals surface area (Å²) in [6, 6.07) is 5.45. The summed E-state index contributed by atoms with van der Waals surface area (Å²) in [5.74, 6) is 0. The van der Waals surface area contributed by atoms with Crippen molar-refractivity contribution in [3.05, 3.63) is 46.2 Å². The minimum absolute atomic E-state index is 0.633. The van der Waals surface area contributed by atoms with Gasteiger partial charge in [0.15, 0.2) is 0 Å². The molecule has 0 fully saturated rings. The van der Waals surface area contributed by atoms with Gasteiger partial charge in [0.1, 0.15) is 0 Å². The van der Waals surface area contributed by atoms with Crippen LogP contribution in [0.15, 0.2) is 30.6 Å². The molecule has 0 aliphatic heterocycles. The Hall–Kier alpha value is -1.19. The van der Waals surface area contributed by atoms with E-state index < -0.39 is 0 Å². The van der Waals surface area contributed by atoms with Crippen molar-refractivity contribution in [2.75, 3.05) is 11.9 Å². The lowest BCUT2D eigenvalue weighted by atomic mass is 10.3. The van der Waals surface area contributed by atoms with Crippen molar-refractivity contribution in [2.24, 2.45) is 0 Å². The monoisotopic (exact) mass is 269 g/mol. The van der Waals surface area contributed by atoms with Gasteiger partial charge in [0.05, 0.1) is 28.5 Å². The number of hydrogen-bond acceptors (Lipinski definition) is 2. The summed E-state index contributed by atoms with van der Waals surface area (Å²) < 4.78 is 1.88. The van der Waals surface area contributed by atoms with Gasteiger partial charge in [-0.2, -0.15) is 5.10 Å². The van der Waals surface area contributed by atoms with Gasteiger partial charge >= 0.3 is 0 Å². The van der Waals surface area contributed by atoms with Crippen molar-refractivity contribution >= 4 is 28.9 Å². The van der Waals surface area contributed by atoms with E-state index in [4.69, 9.17) is 23.2 Å². The molecule has 1 heterocycles. The minimum atomic E-state index is 0.633. The number of para-hydroxylation sites is 1. The molecular formula is C12H13Cl2N3. The highest BCUT2D eigenvalue weighted by Gasteiger charge is 2.04. The van der Waals surface area contributed by atoms with Gasteiger partial charge in [-0.05, 0) is 24.6 Å². The Morgan fingerprint density at radius 3 is 2.59 bits per heavy atom. The number of halogens is 2. The van der Waals surface area contributed by atoms with Crippen molar-refractivity contribution in [3.8, 4) is 0 Å². The molecule has 0 aliphatic carbocycles. The van der Waals surface area contributed by atoms with Crippen LogP contribution < -0.4 is 5.32 Å². The molecule has 0 unspecified atom stereocenters. The number of benzene rings is 1. The second-order valence-corrected chi connectivity index (χ2v) is 4.62. The summed E-state index contributed by atoms with van der Waals surface area (Å²) in [7, 11) is 0. The Morgan fingerprint density at radius 2 is 2.00 bits per heavy atom. The lowest BCUT2D eigenvalue weighted by molar-refractivity contribution is 0.637. The number of nitrogens with zero attached hydrogens (tertiary/aromatic N) is 2. The largest absolute Gasteiger partial charge is 0.381 e. The molecule has 17 heavy (non-hydrogen) atoms. The van der Waals surface area contributed by atoms with E-state index in [0.717, 1.165) is 24.3 Å². The third kappa shape index (κ3) is 3.14. The summed E-state index contributed by atoms with van der Waals surface area (Å²) >= 11 is 12.1. The number of nitrogens with one attached hydrogen (secondary N) is 1. The van der Waals surface area contributed by atoms with Gasteiger partial charge in [0, 0.05) is 12.7 Å². The summed E-state index contributed by atoms with van der Waals surface area (Å²) in [4.78, 5) is 0. The fourth-order valence-electron chi connectivity index (χ4n) is 1.55. The zero-order valence-corrected chi connectivity index (χ0v) is 11.0. The van der Waals surface area contributed by atoms with Crippen LogP contribution in [0.25, 0.3) is 0 Å². The van der Waals surface area contributed by atoms with Gasteiger partial charge in [-0.3, -0.25) is 4.68 Å². The second-order valence-electron chi connectivity index (χ2n) is 3.80. The molecule has 0 aliphatic rings. The lowest BCUT2D eigenvalue weighted by Gasteiger charge is -2.10. The molecule has 0 spiro atoms. The van der Waals surface area contributed by atoms with E-state index in [2.05, 4.69) is 10.4 Å². The molecule has 2 rings (SSSR count). The molecule has 0 saturated heterocycles. The van der Waals surface area contributed by atoms with Crippen LogP contribution in [0.4, 0.5) is 5.69 Å². The van der Waals surface area contributed by atoms with Gasteiger partial charge in [0.2, 0.25) is 0 Å². The predicted octanol–water partition coefficient (Wildman–Crippen LogP) is 3.61. The topological polar surface area (TPSA) is 29.9 Å².